The first-order valence-corrected chi connectivity index (χ1v) is 20.2. The van der Waals surface area contributed by atoms with Crippen LogP contribution in [0.1, 0.15) is 76.1 Å². The Kier molecular flexibility index (Phi) is 10.3. The van der Waals surface area contributed by atoms with Crippen LogP contribution in [0.4, 0.5) is 0 Å². The molecule has 0 unspecified atom stereocenters. The average Bonchev–Trinajstić information content (AvgIpc) is 3.22. The van der Waals surface area contributed by atoms with E-state index in [1.165, 1.54) is 72.4 Å². The van der Waals surface area contributed by atoms with Gasteiger partial charge in [0.25, 0.3) is 0 Å². The standard InChI is InChI=1S/C16H14N3.3C4H9.Sn/c1-3-7-14(8-4-1)11-16-12-17-18-19(16)13-15-9-5-2-6-10-15;3*1-3-4-2;/h1-10H,11,13H2;3*1,3-4H2,2H3;. The molecule has 0 aliphatic carbocycles. The van der Waals surface area contributed by atoms with E-state index >= 15 is 0 Å². The molecule has 0 N–H and O–H groups in total. The van der Waals surface area contributed by atoms with Gasteiger partial charge >= 0.3 is 200 Å². The van der Waals surface area contributed by atoms with Crippen molar-refractivity contribution in [3.05, 3.63) is 77.5 Å². The fourth-order valence-electron chi connectivity index (χ4n) is 4.87. The zero-order valence-corrected chi connectivity index (χ0v) is 23.2. The molecule has 0 atom stereocenters. The molecule has 1 aromatic heterocycles. The van der Waals surface area contributed by atoms with Gasteiger partial charge in [0.1, 0.15) is 0 Å². The summed E-state index contributed by atoms with van der Waals surface area (Å²) in [5.74, 6) is 0. The molecule has 0 radical (unpaired) electrons. The minimum absolute atomic E-state index is 0.813. The Morgan fingerprint density at radius 3 is 1.69 bits per heavy atom. The first-order chi connectivity index (χ1) is 15.7. The quantitative estimate of drug-likeness (QED) is 0.208. The van der Waals surface area contributed by atoms with Gasteiger partial charge in [-0.2, -0.15) is 0 Å². The van der Waals surface area contributed by atoms with Gasteiger partial charge in [0, 0.05) is 0 Å². The molecule has 1 heterocycles. The molecular weight excluding hydrogens is 497 g/mol. The molecule has 0 fully saturated rings. The second-order valence-electron chi connectivity index (χ2n) is 9.28. The summed E-state index contributed by atoms with van der Waals surface area (Å²) >= 11 is -2.68. The molecule has 0 amide bonds. The van der Waals surface area contributed by atoms with Crippen molar-refractivity contribution in [3.8, 4) is 0 Å². The van der Waals surface area contributed by atoms with Crippen LogP contribution in [0, 0.1) is 0 Å². The molecule has 4 heteroatoms. The first kappa shape index (κ1) is 25.0. The van der Waals surface area contributed by atoms with E-state index in [2.05, 4.69) is 86.1 Å². The maximum atomic E-state index is 5.05. The van der Waals surface area contributed by atoms with E-state index in [-0.39, 0.29) is 0 Å². The molecule has 2 aromatic carbocycles. The van der Waals surface area contributed by atoms with E-state index in [1.807, 2.05) is 0 Å². The van der Waals surface area contributed by atoms with Crippen LogP contribution in [0.5, 0.6) is 0 Å². The fourth-order valence-corrected chi connectivity index (χ4v) is 21.0. The van der Waals surface area contributed by atoms with Crippen LogP contribution < -0.4 is 3.71 Å². The van der Waals surface area contributed by atoms with Gasteiger partial charge in [-0.1, -0.05) is 0 Å². The van der Waals surface area contributed by atoms with Gasteiger partial charge in [0.15, 0.2) is 0 Å². The van der Waals surface area contributed by atoms with Gasteiger partial charge in [0.05, 0.1) is 0 Å². The number of unbranched alkanes of at least 4 members (excludes halogenated alkanes) is 3. The number of nitrogens with zero attached hydrogens (tertiary/aromatic N) is 3. The molecule has 3 nitrogen and oxygen atoms in total. The van der Waals surface area contributed by atoms with E-state index in [1.54, 1.807) is 0 Å². The molecule has 32 heavy (non-hydrogen) atoms. The molecule has 0 saturated carbocycles. The van der Waals surface area contributed by atoms with Crippen LogP contribution in [0.2, 0.25) is 13.3 Å². The van der Waals surface area contributed by atoms with Crippen molar-refractivity contribution < 1.29 is 0 Å². The van der Waals surface area contributed by atoms with E-state index in [9.17, 15) is 0 Å². The van der Waals surface area contributed by atoms with Crippen molar-refractivity contribution in [1.29, 1.82) is 0 Å². The normalized spacial score (nSPS) is 11.7. The third-order valence-electron chi connectivity index (χ3n) is 6.76. The zero-order chi connectivity index (χ0) is 22.7. The summed E-state index contributed by atoms with van der Waals surface area (Å²) in [6.45, 7) is 7.83. The number of hydrogen-bond donors (Lipinski definition) is 0. The second kappa shape index (κ2) is 13.2. The molecule has 172 valence electrons. The van der Waals surface area contributed by atoms with Crippen molar-refractivity contribution in [2.24, 2.45) is 0 Å². The van der Waals surface area contributed by atoms with Crippen LogP contribution in [-0.4, -0.2) is 33.4 Å². The predicted molar refractivity (Wildman–Crippen MR) is 139 cm³/mol. The molecule has 0 aliphatic heterocycles. The van der Waals surface area contributed by atoms with Crippen molar-refractivity contribution in [3.63, 3.8) is 0 Å². The summed E-state index contributed by atoms with van der Waals surface area (Å²) in [5, 5.41) is 9.86. The monoisotopic (exact) mass is 539 g/mol. The molecule has 3 rings (SSSR count). The van der Waals surface area contributed by atoms with Crippen LogP contribution in [0.25, 0.3) is 0 Å². The van der Waals surface area contributed by atoms with Crippen molar-refractivity contribution in [2.45, 2.75) is 85.6 Å². The molecule has 0 saturated heterocycles. The number of aromatic nitrogens is 3. The van der Waals surface area contributed by atoms with Crippen LogP contribution in [-0.2, 0) is 13.0 Å². The van der Waals surface area contributed by atoms with Gasteiger partial charge in [-0.3, -0.25) is 0 Å². The summed E-state index contributed by atoms with van der Waals surface area (Å²) in [4.78, 5) is 0. The van der Waals surface area contributed by atoms with E-state index in [0.717, 1.165) is 13.0 Å². The van der Waals surface area contributed by atoms with Crippen LogP contribution in [0.3, 0.4) is 0 Å². The van der Waals surface area contributed by atoms with Crippen LogP contribution in [0.15, 0.2) is 60.7 Å². The number of benzene rings is 2. The van der Waals surface area contributed by atoms with Gasteiger partial charge in [-0.15, -0.1) is 0 Å². The van der Waals surface area contributed by atoms with E-state index in [4.69, 9.17) is 10.3 Å². The Morgan fingerprint density at radius 2 is 1.19 bits per heavy atom. The first-order valence-electron chi connectivity index (χ1n) is 12.7. The predicted octanol–water partition coefficient (Wildman–Crippen LogP) is 6.97. The van der Waals surface area contributed by atoms with Gasteiger partial charge in [-0.05, 0) is 0 Å². The van der Waals surface area contributed by atoms with Crippen molar-refractivity contribution in [2.75, 3.05) is 0 Å². The Bertz CT molecular complexity index is 883. The topological polar surface area (TPSA) is 30.7 Å². The maximum absolute atomic E-state index is 5.05. The summed E-state index contributed by atoms with van der Waals surface area (Å²) in [6, 6.07) is 21.7. The van der Waals surface area contributed by atoms with Crippen LogP contribution >= 0.6 is 0 Å². The summed E-state index contributed by atoms with van der Waals surface area (Å²) in [5.41, 5.74) is 4.07. The summed E-state index contributed by atoms with van der Waals surface area (Å²) in [7, 11) is 0. The number of hydrogen-bond acceptors (Lipinski definition) is 2. The second-order valence-corrected chi connectivity index (χ2v) is 22.2. The minimum atomic E-state index is -2.68. The van der Waals surface area contributed by atoms with E-state index < -0.39 is 18.4 Å². The molecule has 0 aliphatic rings. The van der Waals surface area contributed by atoms with E-state index in [0.29, 0.717) is 0 Å². The van der Waals surface area contributed by atoms with Gasteiger partial charge in [0.2, 0.25) is 0 Å². The zero-order valence-electron chi connectivity index (χ0n) is 20.4. The van der Waals surface area contributed by atoms with Gasteiger partial charge < -0.3 is 0 Å². The molecule has 0 bridgehead atoms. The Labute approximate surface area is 199 Å². The average molecular weight is 538 g/mol. The number of rotatable bonds is 14. The van der Waals surface area contributed by atoms with Crippen molar-refractivity contribution >= 4 is 22.1 Å². The Balaban J connectivity index is 2.06. The Morgan fingerprint density at radius 1 is 0.688 bits per heavy atom. The molecule has 3 aromatic rings. The van der Waals surface area contributed by atoms with Crippen molar-refractivity contribution in [1.82, 2.24) is 15.0 Å². The summed E-state index contributed by atoms with van der Waals surface area (Å²) in [6.07, 6.45) is 8.83. The third-order valence-corrected chi connectivity index (χ3v) is 22.0. The Hall–Kier alpha value is -1.62. The SMILES string of the molecule is CCC[CH2][Sn]([CH2]CCC)([CH2]CCC)[c]1nnn(Cc2ccccc2)c1Cc1ccccc1. The fraction of sp³-hybridized carbons (Fsp3) is 0.500. The summed E-state index contributed by atoms with van der Waals surface area (Å²) < 4.78 is 7.99. The molecule has 0 spiro atoms. The third kappa shape index (κ3) is 6.69. The van der Waals surface area contributed by atoms with Gasteiger partial charge in [-0.25, -0.2) is 0 Å². The molecular formula is C28H41N3Sn.